The van der Waals surface area contributed by atoms with E-state index in [2.05, 4.69) is 10.6 Å². The Morgan fingerprint density at radius 3 is 2.50 bits per heavy atom. The van der Waals surface area contributed by atoms with Gasteiger partial charge in [-0.15, -0.1) is 0 Å². The molecular formula is C16H23N3O6S. The topological polar surface area (TPSA) is 125 Å². The Kier molecular flexibility index (Phi) is 6.95. The molecule has 26 heavy (non-hydrogen) atoms. The van der Waals surface area contributed by atoms with Gasteiger partial charge in [0.15, 0.2) is 0 Å². The lowest BCUT2D eigenvalue weighted by molar-refractivity contribution is -0.139. The summed E-state index contributed by atoms with van der Waals surface area (Å²) >= 11 is 0. The van der Waals surface area contributed by atoms with Gasteiger partial charge in [-0.2, -0.15) is 4.31 Å². The van der Waals surface area contributed by atoms with Crippen molar-refractivity contribution in [2.24, 2.45) is 0 Å². The number of aliphatic hydroxyl groups is 1. The molecule has 1 atom stereocenters. The third-order valence-electron chi connectivity index (χ3n) is 4.09. The third-order valence-corrected chi connectivity index (χ3v) is 6.06. The van der Waals surface area contributed by atoms with Crippen LogP contribution in [0, 0.1) is 0 Å². The van der Waals surface area contributed by atoms with Crippen LogP contribution in [-0.2, 0) is 19.6 Å². The molecule has 0 aromatic heterocycles. The van der Waals surface area contributed by atoms with Gasteiger partial charge in [0, 0.05) is 25.7 Å². The first-order valence-electron chi connectivity index (χ1n) is 8.23. The second-order valence-electron chi connectivity index (χ2n) is 5.78. The molecule has 144 valence electrons. The highest BCUT2D eigenvalue weighted by molar-refractivity contribution is 7.89. The summed E-state index contributed by atoms with van der Waals surface area (Å²) in [5.74, 6) is -1.16. The molecule has 2 rings (SSSR count). The van der Waals surface area contributed by atoms with Crippen molar-refractivity contribution in [2.45, 2.75) is 23.8 Å². The summed E-state index contributed by atoms with van der Waals surface area (Å²) in [6, 6.07) is 5.68. The Morgan fingerprint density at radius 2 is 1.88 bits per heavy atom. The number of hydrogen-bond donors (Lipinski definition) is 3. The largest absolute Gasteiger partial charge is 0.497 e. The number of ether oxygens (including phenoxy) is 1. The first-order valence-corrected chi connectivity index (χ1v) is 9.67. The number of sulfonamides is 1. The number of methoxy groups -OCH3 is 1. The van der Waals surface area contributed by atoms with Crippen molar-refractivity contribution in [3.63, 3.8) is 0 Å². The maximum atomic E-state index is 12.8. The Hall–Kier alpha value is -2.17. The number of nitrogens with zero attached hydrogens (tertiary/aromatic N) is 1. The lowest BCUT2D eigenvalue weighted by Gasteiger charge is -2.24. The summed E-state index contributed by atoms with van der Waals surface area (Å²) < 4.78 is 32.0. The van der Waals surface area contributed by atoms with E-state index in [9.17, 15) is 18.0 Å². The standard InChI is InChI=1S/C16H23N3O6S/c1-25-13-4-6-14(7-5-13)26(23,24)19-9-2-3-12(19)11-18-16(22)15(21)17-8-10-20/h4-7,12,20H,2-3,8-11H2,1H3,(H,17,21)(H,18,22)/t12-/m0/s1. The van der Waals surface area contributed by atoms with Gasteiger partial charge in [0.2, 0.25) is 10.0 Å². The summed E-state index contributed by atoms with van der Waals surface area (Å²) in [4.78, 5) is 23.4. The van der Waals surface area contributed by atoms with Gasteiger partial charge in [-0.05, 0) is 37.1 Å². The van der Waals surface area contributed by atoms with Crippen molar-refractivity contribution in [1.82, 2.24) is 14.9 Å². The normalized spacial score (nSPS) is 17.7. The van der Waals surface area contributed by atoms with Crippen molar-refractivity contribution in [3.8, 4) is 5.75 Å². The van der Waals surface area contributed by atoms with E-state index in [-0.39, 0.29) is 24.6 Å². The molecule has 1 heterocycles. The molecule has 0 bridgehead atoms. The van der Waals surface area contributed by atoms with E-state index >= 15 is 0 Å². The molecule has 0 aliphatic carbocycles. The van der Waals surface area contributed by atoms with Crippen molar-refractivity contribution in [3.05, 3.63) is 24.3 Å². The predicted octanol–water partition coefficient (Wildman–Crippen LogP) is -0.927. The van der Waals surface area contributed by atoms with Crippen LogP contribution in [0.1, 0.15) is 12.8 Å². The van der Waals surface area contributed by atoms with Crippen LogP contribution >= 0.6 is 0 Å². The van der Waals surface area contributed by atoms with E-state index in [4.69, 9.17) is 9.84 Å². The van der Waals surface area contributed by atoms with Crippen molar-refractivity contribution < 1.29 is 27.9 Å². The number of carbonyl (C=O) groups excluding carboxylic acids is 2. The SMILES string of the molecule is COc1ccc(S(=O)(=O)N2CCC[C@H]2CNC(=O)C(=O)NCCO)cc1. The summed E-state index contributed by atoms with van der Waals surface area (Å²) in [7, 11) is -2.20. The summed E-state index contributed by atoms with van der Waals surface area (Å²) in [5.41, 5.74) is 0. The van der Waals surface area contributed by atoms with Gasteiger partial charge in [0.1, 0.15) is 5.75 Å². The summed E-state index contributed by atoms with van der Waals surface area (Å²) in [6.45, 7) is 0.107. The molecule has 9 nitrogen and oxygen atoms in total. The van der Waals surface area contributed by atoms with Crippen LogP contribution in [-0.4, -0.2) is 69.0 Å². The fourth-order valence-electron chi connectivity index (χ4n) is 2.75. The zero-order valence-electron chi connectivity index (χ0n) is 14.5. The number of rotatable bonds is 7. The van der Waals surface area contributed by atoms with E-state index in [0.717, 1.165) is 0 Å². The smallest absolute Gasteiger partial charge is 0.309 e. The molecule has 0 unspecified atom stereocenters. The highest BCUT2D eigenvalue weighted by atomic mass is 32.2. The van der Waals surface area contributed by atoms with E-state index in [1.54, 1.807) is 12.1 Å². The summed E-state index contributed by atoms with van der Waals surface area (Å²) in [6.07, 6.45) is 1.26. The number of amides is 2. The second-order valence-corrected chi connectivity index (χ2v) is 7.67. The van der Waals surface area contributed by atoms with Gasteiger partial charge in [-0.25, -0.2) is 8.42 Å². The van der Waals surface area contributed by atoms with Gasteiger partial charge >= 0.3 is 11.8 Å². The molecule has 1 saturated heterocycles. The quantitative estimate of drug-likeness (QED) is 0.521. The van der Waals surface area contributed by atoms with Gasteiger partial charge < -0.3 is 20.5 Å². The average Bonchev–Trinajstić information content (AvgIpc) is 3.13. The number of hydrogen-bond acceptors (Lipinski definition) is 6. The van der Waals surface area contributed by atoms with Crippen LogP contribution in [0.2, 0.25) is 0 Å². The fourth-order valence-corrected chi connectivity index (χ4v) is 4.45. The minimum Gasteiger partial charge on any atom is -0.497 e. The molecule has 3 N–H and O–H groups in total. The molecule has 0 radical (unpaired) electrons. The van der Waals surface area contributed by atoms with Crippen LogP contribution in [0.25, 0.3) is 0 Å². The predicted molar refractivity (Wildman–Crippen MR) is 93.0 cm³/mol. The first kappa shape index (κ1) is 20.1. The van der Waals surface area contributed by atoms with Crippen molar-refractivity contribution in [2.75, 3.05) is 33.4 Å². The highest BCUT2D eigenvalue weighted by Crippen LogP contribution is 2.26. The Balaban J connectivity index is 2.02. The maximum Gasteiger partial charge on any atom is 0.309 e. The van der Waals surface area contributed by atoms with Crippen LogP contribution in [0.15, 0.2) is 29.2 Å². The molecule has 1 aromatic rings. The van der Waals surface area contributed by atoms with Gasteiger partial charge in [0.25, 0.3) is 0 Å². The number of carbonyl (C=O) groups is 2. The molecule has 1 aromatic carbocycles. The van der Waals surface area contributed by atoms with Crippen LogP contribution in [0.4, 0.5) is 0 Å². The Morgan fingerprint density at radius 1 is 1.23 bits per heavy atom. The zero-order chi connectivity index (χ0) is 19.2. The zero-order valence-corrected chi connectivity index (χ0v) is 15.3. The van der Waals surface area contributed by atoms with E-state index in [1.807, 2.05) is 0 Å². The lowest BCUT2D eigenvalue weighted by atomic mass is 10.2. The molecule has 0 spiro atoms. The van der Waals surface area contributed by atoms with Crippen molar-refractivity contribution in [1.29, 1.82) is 0 Å². The molecule has 1 aliphatic rings. The average molecular weight is 385 g/mol. The first-order chi connectivity index (χ1) is 12.4. The Bertz CT molecular complexity index is 735. The molecule has 2 amide bonds. The Labute approximate surface area is 152 Å². The van der Waals surface area contributed by atoms with Crippen LogP contribution < -0.4 is 15.4 Å². The van der Waals surface area contributed by atoms with E-state index in [1.165, 1.54) is 23.5 Å². The van der Waals surface area contributed by atoms with Gasteiger partial charge in [0.05, 0.1) is 18.6 Å². The monoisotopic (exact) mass is 385 g/mol. The molecule has 1 aliphatic heterocycles. The summed E-state index contributed by atoms with van der Waals surface area (Å²) in [5, 5.41) is 13.3. The fraction of sp³-hybridized carbons (Fsp3) is 0.500. The lowest BCUT2D eigenvalue weighted by Crippen LogP contribution is -2.47. The minimum absolute atomic E-state index is 0.0202. The molecule has 10 heteroatoms. The highest BCUT2D eigenvalue weighted by Gasteiger charge is 2.35. The number of aliphatic hydroxyl groups excluding tert-OH is 1. The van der Waals surface area contributed by atoms with Crippen LogP contribution in [0.5, 0.6) is 5.75 Å². The van der Waals surface area contributed by atoms with E-state index in [0.29, 0.717) is 25.1 Å². The minimum atomic E-state index is -3.70. The van der Waals surface area contributed by atoms with Crippen LogP contribution in [0.3, 0.4) is 0 Å². The maximum absolute atomic E-state index is 12.8. The van der Waals surface area contributed by atoms with Gasteiger partial charge in [-0.1, -0.05) is 0 Å². The van der Waals surface area contributed by atoms with E-state index < -0.39 is 27.9 Å². The van der Waals surface area contributed by atoms with Gasteiger partial charge in [-0.3, -0.25) is 9.59 Å². The molecule has 1 fully saturated rings. The molecular weight excluding hydrogens is 362 g/mol. The number of nitrogens with one attached hydrogen (secondary N) is 2. The van der Waals surface area contributed by atoms with Crippen molar-refractivity contribution >= 4 is 21.8 Å². The number of benzene rings is 1. The second kappa shape index (κ2) is 8.97. The molecule has 0 saturated carbocycles. The third kappa shape index (κ3) is 4.71.